The third kappa shape index (κ3) is 6.67. The summed E-state index contributed by atoms with van der Waals surface area (Å²) >= 11 is 0. The Labute approximate surface area is 236 Å². The van der Waals surface area contributed by atoms with Crippen molar-refractivity contribution < 1.29 is 33.4 Å². The lowest BCUT2D eigenvalue weighted by atomic mass is 9.98. The van der Waals surface area contributed by atoms with Crippen LogP contribution >= 0.6 is 0 Å². The zero-order chi connectivity index (χ0) is 28.6. The smallest absolute Gasteiger partial charge is 0.407 e. The Hall–Kier alpha value is -5.24. The first-order valence-corrected chi connectivity index (χ1v) is 13.1. The van der Waals surface area contributed by atoms with Gasteiger partial charge in [-0.25, -0.2) is 9.59 Å². The van der Waals surface area contributed by atoms with E-state index in [9.17, 15) is 19.2 Å². The zero-order valence-electron chi connectivity index (χ0n) is 22.1. The predicted molar refractivity (Wildman–Crippen MR) is 150 cm³/mol. The Kier molecular flexibility index (Phi) is 8.49. The summed E-state index contributed by atoms with van der Waals surface area (Å²) in [7, 11) is 0. The van der Waals surface area contributed by atoms with E-state index in [1.165, 1.54) is 12.1 Å². The van der Waals surface area contributed by atoms with Crippen molar-refractivity contribution in [2.75, 3.05) is 19.8 Å². The molecule has 1 aliphatic carbocycles. The summed E-state index contributed by atoms with van der Waals surface area (Å²) in [5.74, 6) is -1.65. The number of ether oxygens (including phenoxy) is 3. The SMILES string of the molecule is O=C(CNC(=O)OCC1c2ccccc2-c2ccccc21)OCc1ccc(C(=O)OCC(=O)c2ccccc2)cc1. The number of hydrogen-bond donors (Lipinski definition) is 1. The van der Waals surface area contributed by atoms with Crippen molar-refractivity contribution in [2.45, 2.75) is 12.5 Å². The van der Waals surface area contributed by atoms with Gasteiger partial charge in [-0.3, -0.25) is 9.59 Å². The summed E-state index contributed by atoms with van der Waals surface area (Å²) in [6.45, 7) is -0.619. The molecule has 0 bridgehead atoms. The molecule has 0 saturated carbocycles. The van der Waals surface area contributed by atoms with Gasteiger partial charge in [-0.2, -0.15) is 0 Å². The second-order valence-electron chi connectivity index (χ2n) is 9.40. The molecule has 0 radical (unpaired) electrons. The Bertz CT molecular complexity index is 1520. The molecule has 1 aliphatic rings. The van der Waals surface area contributed by atoms with Gasteiger partial charge in [-0.15, -0.1) is 0 Å². The first-order valence-electron chi connectivity index (χ1n) is 13.1. The van der Waals surface area contributed by atoms with Crippen LogP contribution < -0.4 is 5.32 Å². The van der Waals surface area contributed by atoms with E-state index in [1.54, 1.807) is 42.5 Å². The molecule has 1 N–H and O–H groups in total. The minimum Gasteiger partial charge on any atom is -0.460 e. The normalized spacial score (nSPS) is 11.6. The van der Waals surface area contributed by atoms with E-state index in [2.05, 4.69) is 17.4 Å². The highest BCUT2D eigenvalue weighted by Gasteiger charge is 2.29. The van der Waals surface area contributed by atoms with E-state index in [0.717, 1.165) is 22.3 Å². The number of carbonyl (C=O) groups is 4. The van der Waals surface area contributed by atoms with Gasteiger partial charge in [-0.05, 0) is 39.9 Å². The summed E-state index contributed by atoms with van der Waals surface area (Å²) < 4.78 is 15.7. The van der Waals surface area contributed by atoms with Crippen molar-refractivity contribution in [2.24, 2.45) is 0 Å². The highest BCUT2D eigenvalue weighted by atomic mass is 16.6. The summed E-state index contributed by atoms with van der Waals surface area (Å²) in [4.78, 5) is 48.8. The van der Waals surface area contributed by atoms with E-state index in [4.69, 9.17) is 14.2 Å². The Morgan fingerprint density at radius 3 is 1.90 bits per heavy atom. The lowest BCUT2D eigenvalue weighted by Gasteiger charge is -2.14. The lowest BCUT2D eigenvalue weighted by Crippen LogP contribution is -2.32. The van der Waals surface area contributed by atoms with Crippen molar-refractivity contribution in [3.05, 3.63) is 131 Å². The fraction of sp³-hybridized carbons (Fsp3) is 0.152. The Morgan fingerprint density at radius 2 is 1.24 bits per heavy atom. The van der Waals surface area contributed by atoms with Gasteiger partial charge in [0.05, 0.1) is 5.56 Å². The maximum atomic E-state index is 12.3. The molecular weight excluding hydrogens is 522 g/mol. The minimum absolute atomic E-state index is 0.0486. The number of Topliss-reactive ketones (excluding diaryl/α,β-unsaturated/α-hetero) is 1. The molecule has 0 heterocycles. The molecule has 0 spiro atoms. The molecule has 8 heteroatoms. The second-order valence-corrected chi connectivity index (χ2v) is 9.40. The lowest BCUT2D eigenvalue weighted by molar-refractivity contribution is -0.143. The van der Waals surface area contributed by atoms with Gasteiger partial charge in [0, 0.05) is 11.5 Å². The summed E-state index contributed by atoms with van der Waals surface area (Å²) in [6.07, 6.45) is -0.711. The number of fused-ring (bicyclic) bond motifs is 3. The van der Waals surface area contributed by atoms with Crippen LogP contribution in [0.3, 0.4) is 0 Å². The summed E-state index contributed by atoms with van der Waals surface area (Å²) in [5.41, 5.74) is 5.81. The number of ketones is 1. The van der Waals surface area contributed by atoms with E-state index in [-0.39, 0.29) is 43.6 Å². The molecule has 0 unspecified atom stereocenters. The molecule has 8 nitrogen and oxygen atoms in total. The van der Waals surface area contributed by atoms with Gasteiger partial charge < -0.3 is 19.5 Å². The topological polar surface area (TPSA) is 108 Å². The maximum Gasteiger partial charge on any atom is 0.407 e. The van der Waals surface area contributed by atoms with Crippen LogP contribution in [0.5, 0.6) is 0 Å². The number of alkyl carbamates (subject to hydrolysis) is 1. The molecule has 1 amide bonds. The third-order valence-corrected chi connectivity index (χ3v) is 6.74. The molecule has 5 rings (SSSR count). The first kappa shape index (κ1) is 27.3. The minimum atomic E-state index is -0.711. The van der Waals surface area contributed by atoms with Crippen LogP contribution in [0.1, 0.15) is 43.3 Å². The van der Waals surface area contributed by atoms with Crippen LogP contribution in [0.2, 0.25) is 0 Å². The summed E-state index contributed by atoms with van der Waals surface area (Å²) in [6, 6.07) is 30.9. The average Bonchev–Trinajstić information content (AvgIpc) is 3.34. The quantitative estimate of drug-likeness (QED) is 0.162. The standard InChI is InChI=1S/C33H27NO7/c35-30(23-8-2-1-3-9-23)21-40-32(37)24-16-14-22(15-17-24)19-39-31(36)18-34-33(38)41-20-29-27-12-6-4-10-25(27)26-11-5-7-13-28(26)29/h1-17,29H,18-21H2,(H,34,38). The number of benzene rings is 4. The number of amides is 1. The van der Waals surface area contributed by atoms with E-state index in [1.807, 2.05) is 36.4 Å². The van der Waals surface area contributed by atoms with Crippen molar-refractivity contribution in [1.82, 2.24) is 5.32 Å². The van der Waals surface area contributed by atoms with Gasteiger partial charge in [0.2, 0.25) is 0 Å². The molecule has 0 atom stereocenters. The van der Waals surface area contributed by atoms with Gasteiger partial charge >= 0.3 is 18.0 Å². The van der Waals surface area contributed by atoms with E-state index in [0.29, 0.717) is 11.1 Å². The maximum absolute atomic E-state index is 12.3. The number of carbonyl (C=O) groups excluding carboxylic acids is 4. The molecule has 0 saturated heterocycles. The van der Waals surface area contributed by atoms with Gasteiger partial charge in [0.15, 0.2) is 12.4 Å². The number of esters is 2. The van der Waals surface area contributed by atoms with Crippen LogP contribution in [0.4, 0.5) is 4.79 Å². The van der Waals surface area contributed by atoms with Crippen molar-refractivity contribution in [3.63, 3.8) is 0 Å². The molecule has 0 fully saturated rings. The zero-order valence-corrected chi connectivity index (χ0v) is 22.1. The fourth-order valence-corrected chi connectivity index (χ4v) is 4.67. The highest BCUT2D eigenvalue weighted by molar-refractivity contribution is 5.99. The molecular formula is C33H27NO7. The van der Waals surface area contributed by atoms with E-state index < -0.39 is 18.0 Å². The largest absolute Gasteiger partial charge is 0.460 e. The van der Waals surface area contributed by atoms with Gasteiger partial charge in [0.25, 0.3) is 0 Å². The van der Waals surface area contributed by atoms with Crippen molar-refractivity contribution in [3.8, 4) is 11.1 Å². The second kappa shape index (κ2) is 12.7. The Morgan fingerprint density at radius 1 is 0.634 bits per heavy atom. The van der Waals surface area contributed by atoms with Crippen LogP contribution in [-0.4, -0.2) is 43.6 Å². The van der Waals surface area contributed by atoms with Crippen LogP contribution in [0.15, 0.2) is 103 Å². The fourth-order valence-electron chi connectivity index (χ4n) is 4.67. The summed E-state index contributed by atoms with van der Waals surface area (Å²) in [5, 5.41) is 2.43. The number of rotatable bonds is 10. The number of nitrogens with one attached hydrogen (secondary N) is 1. The van der Waals surface area contributed by atoms with Gasteiger partial charge in [0.1, 0.15) is 19.8 Å². The third-order valence-electron chi connectivity index (χ3n) is 6.74. The predicted octanol–water partition coefficient (Wildman–Crippen LogP) is 5.31. The molecule has 4 aromatic carbocycles. The molecule has 0 aromatic heterocycles. The molecule has 206 valence electrons. The number of hydrogen-bond acceptors (Lipinski definition) is 7. The highest BCUT2D eigenvalue weighted by Crippen LogP contribution is 2.44. The monoisotopic (exact) mass is 549 g/mol. The van der Waals surface area contributed by atoms with Crippen molar-refractivity contribution in [1.29, 1.82) is 0 Å². The van der Waals surface area contributed by atoms with Crippen LogP contribution in [0, 0.1) is 0 Å². The molecule has 4 aromatic rings. The van der Waals surface area contributed by atoms with Crippen LogP contribution in [0.25, 0.3) is 11.1 Å². The first-order chi connectivity index (χ1) is 20.0. The molecule has 41 heavy (non-hydrogen) atoms. The van der Waals surface area contributed by atoms with Gasteiger partial charge in [-0.1, -0.05) is 91.0 Å². The van der Waals surface area contributed by atoms with Crippen LogP contribution in [-0.2, 0) is 25.6 Å². The van der Waals surface area contributed by atoms with E-state index >= 15 is 0 Å². The molecule has 0 aliphatic heterocycles. The van der Waals surface area contributed by atoms with Crippen molar-refractivity contribution >= 4 is 23.8 Å². The average molecular weight is 550 g/mol. The Balaban J connectivity index is 1.03.